The normalized spacial score (nSPS) is 15.1. The minimum Gasteiger partial charge on any atom is -0.497 e. The van der Waals surface area contributed by atoms with Gasteiger partial charge in [0.15, 0.2) is 0 Å². The van der Waals surface area contributed by atoms with Crippen LogP contribution < -0.4 is 9.64 Å². The molecule has 1 fully saturated rings. The maximum absolute atomic E-state index is 12.7. The zero-order valence-electron chi connectivity index (χ0n) is 15.0. The number of aromatic amines is 1. The molecule has 1 aromatic carbocycles. The van der Waals surface area contributed by atoms with Gasteiger partial charge in [-0.05, 0) is 43.2 Å². The van der Waals surface area contributed by atoms with E-state index in [0.717, 1.165) is 50.3 Å². The molecule has 0 aliphatic carbocycles. The molecule has 3 rings (SSSR count). The molecule has 0 atom stereocenters. The largest absolute Gasteiger partial charge is 0.497 e. The first kappa shape index (κ1) is 17.3. The maximum atomic E-state index is 12.7. The summed E-state index contributed by atoms with van der Waals surface area (Å²) in [5.74, 6) is 0.881. The summed E-state index contributed by atoms with van der Waals surface area (Å²) in [6.45, 7) is 5.36. The number of rotatable bonds is 5. The molecule has 1 aromatic heterocycles. The van der Waals surface area contributed by atoms with Crippen LogP contribution in [0.15, 0.2) is 30.3 Å². The van der Waals surface area contributed by atoms with Gasteiger partial charge in [0.1, 0.15) is 11.4 Å². The van der Waals surface area contributed by atoms with Gasteiger partial charge in [-0.25, -0.2) is 0 Å². The molecule has 2 aromatic rings. The maximum Gasteiger partial charge on any atom is 0.274 e. The van der Waals surface area contributed by atoms with E-state index in [2.05, 4.69) is 34.2 Å². The Kier molecular flexibility index (Phi) is 5.58. The second kappa shape index (κ2) is 8.05. The van der Waals surface area contributed by atoms with Gasteiger partial charge in [-0.3, -0.25) is 9.89 Å². The van der Waals surface area contributed by atoms with E-state index >= 15 is 0 Å². The monoisotopic (exact) mass is 342 g/mol. The van der Waals surface area contributed by atoms with Gasteiger partial charge >= 0.3 is 0 Å². The Morgan fingerprint density at radius 2 is 2.00 bits per heavy atom. The highest BCUT2D eigenvalue weighted by molar-refractivity contribution is 5.92. The van der Waals surface area contributed by atoms with Crippen molar-refractivity contribution in [2.45, 2.75) is 26.2 Å². The molecule has 0 radical (unpaired) electrons. The predicted octanol–water partition coefficient (Wildman–Crippen LogP) is 2.72. The fraction of sp³-hybridized carbons (Fsp3) is 0.474. The first-order valence-corrected chi connectivity index (χ1v) is 8.94. The van der Waals surface area contributed by atoms with Crippen LogP contribution in [0.2, 0.25) is 0 Å². The Morgan fingerprint density at radius 1 is 1.20 bits per heavy atom. The zero-order chi connectivity index (χ0) is 17.6. The summed E-state index contributed by atoms with van der Waals surface area (Å²) in [6.07, 6.45) is 2.91. The number of nitrogens with one attached hydrogen (secondary N) is 1. The average molecular weight is 342 g/mol. The first-order valence-electron chi connectivity index (χ1n) is 8.94. The minimum atomic E-state index is 0.0233. The van der Waals surface area contributed by atoms with Crippen LogP contribution in [0.5, 0.6) is 5.75 Å². The standard InChI is InChI=1S/C19H26N4O2/c1-3-5-15-14-18(21-20-15)19(24)23-11-4-10-22(12-13-23)16-6-8-17(25-2)9-7-16/h6-9,14H,3-5,10-13H2,1-2H3,(H,20,21). The van der Waals surface area contributed by atoms with E-state index in [1.165, 1.54) is 5.69 Å². The first-order chi connectivity index (χ1) is 12.2. The predicted molar refractivity (Wildman–Crippen MR) is 98.3 cm³/mol. The van der Waals surface area contributed by atoms with Gasteiger partial charge in [0.25, 0.3) is 5.91 Å². The van der Waals surface area contributed by atoms with Crippen molar-refractivity contribution >= 4 is 11.6 Å². The van der Waals surface area contributed by atoms with E-state index < -0.39 is 0 Å². The van der Waals surface area contributed by atoms with Gasteiger partial charge in [-0.2, -0.15) is 5.10 Å². The van der Waals surface area contributed by atoms with Crippen LogP contribution in [-0.2, 0) is 6.42 Å². The molecule has 0 saturated carbocycles. The van der Waals surface area contributed by atoms with Gasteiger partial charge in [0, 0.05) is 37.6 Å². The van der Waals surface area contributed by atoms with E-state index in [0.29, 0.717) is 12.2 Å². The number of ether oxygens (including phenoxy) is 1. The number of H-pyrrole nitrogens is 1. The van der Waals surface area contributed by atoms with E-state index in [1.54, 1.807) is 7.11 Å². The molecule has 134 valence electrons. The Balaban J connectivity index is 1.62. The Hall–Kier alpha value is -2.50. The lowest BCUT2D eigenvalue weighted by Gasteiger charge is -2.23. The second-order valence-corrected chi connectivity index (χ2v) is 6.36. The minimum absolute atomic E-state index is 0.0233. The lowest BCUT2D eigenvalue weighted by atomic mass is 10.2. The third-order valence-corrected chi connectivity index (χ3v) is 4.59. The number of aryl methyl sites for hydroxylation is 1. The highest BCUT2D eigenvalue weighted by atomic mass is 16.5. The molecular formula is C19H26N4O2. The summed E-state index contributed by atoms with van der Waals surface area (Å²) in [6, 6.07) is 9.98. The summed E-state index contributed by atoms with van der Waals surface area (Å²) < 4.78 is 5.22. The van der Waals surface area contributed by atoms with Crippen molar-refractivity contribution < 1.29 is 9.53 Å². The van der Waals surface area contributed by atoms with Crippen molar-refractivity contribution in [2.75, 3.05) is 38.2 Å². The highest BCUT2D eigenvalue weighted by Crippen LogP contribution is 2.21. The molecule has 1 saturated heterocycles. The van der Waals surface area contributed by atoms with Crippen molar-refractivity contribution in [3.8, 4) is 5.75 Å². The summed E-state index contributed by atoms with van der Waals surface area (Å²) in [4.78, 5) is 16.9. The quantitative estimate of drug-likeness (QED) is 0.907. The fourth-order valence-corrected chi connectivity index (χ4v) is 3.20. The molecule has 6 heteroatoms. The molecule has 1 aliphatic rings. The van der Waals surface area contributed by atoms with Crippen LogP contribution in [0.1, 0.15) is 35.9 Å². The number of carbonyl (C=O) groups is 1. The average Bonchev–Trinajstić information content (AvgIpc) is 2.97. The van der Waals surface area contributed by atoms with Gasteiger partial charge in [0.05, 0.1) is 7.11 Å². The molecule has 6 nitrogen and oxygen atoms in total. The number of benzene rings is 1. The molecule has 1 amide bonds. The number of methoxy groups -OCH3 is 1. The summed E-state index contributed by atoms with van der Waals surface area (Å²) >= 11 is 0. The van der Waals surface area contributed by atoms with Crippen molar-refractivity contribution in [1.82, 2.24) is 15.1 Å². The fourth-order valence-electron chi connectivity index (χ4n) is 3.20. The van der Waals surface area contributed by atoms with Crippen molar-refractivity contribution in [2.24, 2.45) is 0 Å². The Bertz CT molecular complexity index is 696. The van der Waals surface area contributed by atoms with Crippen LogP contribution in [0.25, 0.3) is 0 Å². The van der Waals surface area contributed by atoms with Crippen LogP contribution >= 0.6 is 0 Å². The van der Waals surface area contributed by atoms with Crippen molar-refractivity contribution in [3.63, 3.8) is 0 Å². The van der Waals surface area contributed by atoms with Gasteiger partial charge < -0.3 is 14.5 Å². The van der Waals surface area contributed by atoms with Crippen molar-refractivity contribution in [1.29, 1.82) is 0 Å². The van der Waals surface area contributed by atoms with Crippen LogP contribution in [-0.4, -0.2) is 54.3 Å². The molecule has 0 bridgehead atoms. The Morgan fingerprint density at radius 3 is 2.72 bits per heavy atom. The lowest BCUT2D eigenvalue weighted by Crippen LogP contribution is -2.35. The van der Waals surface area contributed by atoms with E-state index in [9.17, 15) is 4.79 Å². The second-order valence-electron chi connectivity index (χ2n) is 6.36. The third kappa shape index (κ3) is 4.13. The molecular weight excluding hydrogens is 316 g/mol. The number of hydrogen-bond donors (Lipinski definition) is 1. The van der Waals surface area contributed by atoms with Crippen molar-refractivity contribution in [3.05, 3.63) is 41.7 Å². The molecule has 2 heterocycles. The van der Waals surface area contributed by atoms with E-state index in [-0.39, 0.29) is 5.91 Å². The number of anilines is 1. The Labute approximate surface area is 148 Å². The molecule has 1 N–H and O–H groups in total. The van der Waals surface area contributed by atoms with Gasteiger partial charge in [-0.1, -0.05) is 13.3 Å². The van der Waals surface area contributed by atoms with Gasteiger partial charge in [-0.15, -0.1) is 0 Å². The SMILES string of the molecule is CCCc1cc(C(=O)N2CCCN(c3ccc(OC)cc3)CC2)n[nH]1. The molecule has 0 unspecified atom stereocenters. The zero-order valence-corrected chi connectivity index (χ0v) is 15.0. The van der Waals surface area contributed by atoms with E-state index in [1.807, 2.05) is 23.1 Å². The van der Waals surface area contributed by atoms with E-state index in [4.69, 9.17) is 4.74 Å². The van der Waals surface area contributed by atoms with Crippen LogP contribution in [0.4, 0.5) is 5.69 Å². The summed E-state index contributed by atoms with van der Waals surface area (Å²) in [5.41, 5.74) is 2.72. The molecule has 0 spiro atoms. The topological polar surface area (TPSA) is 61.5 Å². The number of amides is 1. The third-order valence-electron chi connectivity index (χ3n) is 4.59. The lowest BCUT2D eigenvalue weighted by molar-refractivity contribution is 0.0761. The number of aromatic nitrogens is 2. The molecule has 1 aliphatic heterocycles. The number of hydrogen-bond acceptors (Lipinski definition) is 4. The summed E-state index contributed by atoms with van der Waals surface area (Å²) in [5, 5.41) is 7.16. The van der Waals surface area contributed by atoms with Crippen LogP contribution in [0.3, 0.4) is 0 Å². The smallest absolute Gasteiger partial charge is 0.274 e. The summed E-state index contributed by atoms with van der Waals surface area (Å²) in [7, 11) is 1.67. The number of nitrogens with zero attached hydrogens (tertiary/aromatic N) is 3. The van der Waals surface area contributed by atoms with Gasteiger partial charge in [0.2, 0.25) is 0 Å². The number of carbonyl (C=O) groups excluding carboxylic acids is 1. The molecule has 25 heavy (non-hydrogen) atoms. The highest BCUT2D eigenvalue weighted by Gasteiger charge is 2.22. The van der Waals surface area contributed by atoms with Crippen LogP contribution in [0, 0.1) is 0 Å².